The summed E-state index contributed by atoms with van der Waals surface area (Å²) in [6, 6.07) is 10.5. The van der Waals surface area contributed by atoms with Crippen LogP contribution in [0.1, 0.15) is 10.5 Å². The summed E-state index contributed by atoms with van der Waals surface area (Å²) in [7, 11) is 0. The first-order valence-electron chi connectivity index (χ1n) is 5.93. The van der Waals surface area contributed by atoms with Crippen molar-refractivity contribution in [2.75, 3.05) is 11.1 Å². The Balaban J connectivity index is 1.91. The Bertz CT molecular complexity index is 797. The molecule has 0 radical (unpaired) electrons. The van der Waals surface area contributed by atoms with Gasteiger partial charge in [0.15, 0.2) is 0 Å². The molecule has 0 saturated carbocycles. The number of aromatic nitrogens is 2. The average Bonchev–Trinajstić information content (AvgIpc) is 2.84. The number of halogens is 1. The maximum Gasteiger partial charge on any atom is 0.273 e. The number of carbonyl (C=O) groups is 1. The van der Waals surface area contributed by atoms with Crippen molar-refractivity contribution in [1.29, 1.82) is 0 Å². The van der Waals surface area contributed by atoms with Crippen LogP contribution >= 0.6 is 11.6 Å². The number of fused-ring (bicyclic) bond motifs is 1. The van der Waals surface area contributed by atoms with E-state index < -0.39 is 0 Å². The van der Waals surface area contributed by atoms with Crippen molar-refractivity contribution >= 4 is 39.9 Å². The number of nitrogens with zero attached hydrogens (tertiary/aromatic N) is 1. The maximum atomic E-state index is 12.1. The maximum absolute atomic E-state index is 12.1. The van der Waals surface area contributed by atoms with E-state index in [1.165, 1.54) is 6.20 Å². The van der Waals surface area contributed by atoms with Gasteiger partial charge in [-0.05, 0) is 24.3 Å². The highest BCUT2D eigenvalue weighted by Crippen LogP contribution is 2.21. The predicted octanol–water partition coefficient (Wildman–Crippen LogP) is 3.05. The minimum Gasteiger partial charge on any atom is -0.397 e. The molecule has 0 aliphatic heterocycles. The molecule has 5 nitrogen and oxygen atoms in total. The van der Waals surface area contributed by atoms with Crippen LogP contribution in [0.25, 0.3) is 10.9 Å². The number of H-pyrrole nitrogens is 1. The lowest BCUT2D eigenvalue weighted by Gasteiger charge is -2.02. The number of rotatable bonds is 2. The van der Waals surface area contributed by atoms with Crippen molar-refractivity contribution in [3.05, 3.63) is 53.3 Å². The second-order valence-electron chi connectivity index (χ2n) is 4.31. The van der Waals surface area contributed by atoms with Gasteiger partial charge in [-0.15, -0.1) is 0 Å². The van der Waals surface area contributed by atoms with Gasteiger partial charge in [-0.25, -0.2) is 4.98 Å². The van der Waals surface area contributed by atoms with Crippen LogP contribution in [0.2, 0.25) is 5.02 Å². The molecule has 0 unspecified atom stereocenters. The molecule has 0 bridgehead atoms. The molecule has 3 rings (SSSR count). The van der Waals surface area contributed by atoms with Gasteiger partial charge in [-0.3, -0.25) is 4.79 Å². The third-order valence-electron chi connectivity index (χ3n) is 2.90. The smallest absolute Gasteiger partial charge is 0.273 e. The molecule has 3 aromatic rings. The van der Waals surface area contributed by atoms with E-state index in [0.717, 1.165) is 10.9 Å². The number of aromatic amines is 1. The number of pyridine rings is 1. The van der Waals surface area contributed by atoms with Crippen LogP contribution < -0.4 is 11.1 Å². The average molecular weight is 287 g/mol. The lowest BCUT2D eigenvalue weighted by molar-refractivity contribution is 0.102. The zero-order valence-corrected chi connectivity index (χ0v) is 11.1. The van der Waals surface area contributed by atoms with Crippen LogP contribution in [-0.2, 0) is 0 Å². The summed E-state index contributed by atoms with van der Waals surface area (Å²) >= 11 is 5.84. The number of nitrogen functional groups attached to an aromatic ring is 1. The van der Waals surface area contributed by atoms with Crippen molar-refractivity contribution in [3.8, 4) is 0 Å². The number of nitrogens with two attached hydrogens (primary N) is 1. The molecular weight excluding hydrogens is 276 g/mol. The fourth-order valence-electron chi connectivity index (χ4n) is 1.96. The van der Waals surface area contributed by atoms with E-state index in [2.05, 4.69) is 15.3 Å². The molecule has 0 saturated heterocycles. The predicted molar refractivity (Wildman–Crippen MR) is 79.9 cm³/mol. The van der Waals surface area contributed by atoms with E-state index in [1.54, 1.807) is 24.3 Å². The minimum atomic E-state index is -0.296. The van der Waals surface area contributed by atoms with Crippen molar-refractivity contribution in [2.24, 2.45) is 0 Å². The lowest BCUT2D eigenvalue weighted by Crippen LogP contribution is -2.13. The van der Waals surface area contributed by atoms with Crippen LogP contribution in [0, 0.1) is 0 Å². The van der Waals surface area contributed by atoms with E-state index in [0.29, 0.717) is 22.2 Å². The Morgan fingerprint density at radius 2 is 2.15 bits per heavy atom. The van der Waals surface area contributed by atoms with Gasteiger partial charge in [0, 0.05) is 16.6 Å². The standard InChI is InChI=1S/C14H11ClN4O/c15-9-4-5-17-12(7-9)19-14(20)11-6-8-2-1-3-10(16)13(8)18-11/h1-7,18H,16H2,(H,17,19,20). The summed E-state index contributed by atoms with van der Waals surface area (Å²) in [4.78, 5) is 19.2. The van der Waals surface area contributed by atoms with Gasteiger partial charge < -0.3 is 16.0 Å². The second-order valence-corrected chi connectivity index (χ2v) is 4.74. The molecule has 0 aliphatic carbocycles. The molecule has 2 aromatic heterocycles. The zero-order chi connectivity index (χ0) is 14.1. The molecule has 0 atom stereocenters. The van der Waals surface area contributed by atoms with Crippen LogP contribution in [0.4, 0.5) is 11.5 Å². The number of hydrogen-bond donors (Lipinski definition) is 3. The number of anilines is 2. The molecule has 1 aromatic carbocycles. The quantitative estimate of drug-likeness (QED) is 0.633. The number of carbonyl (C=O) groups excluding carboxylic acids is 1. The lowest BCUT2D eigenvalue weighted by atomic mass is 10.2. The first-order chi connectivity index (χ1) is 9.63. The summed E-state index contributed by atoms with van der Waals surface area (Å²) < 4.78 is 0. The summed E-state index contributed by atoms with van der Waals surface area (Å²) in [5.74, 6) is 0.101. The van der Waals surface area contributed by atoms with Gasteiger partial charge in [-0.1, -0.05) is 23.7 Å². The minimum absolute atomic E-state index is 0.296. The molecule has 20 heavy (non-hydrogen) atoms. The Hall–Kier alpha value is -2.53. The van der Waals surface area contributed by atoms with E-state index in [4.69, 9.17) is 17.3 Å². The summed E-state index contributed by atoms with van der Waals surface area (Å²) in [6.45, 7) is 0. The zero-order valence-electron chi connectivity index (χ0n) is 10.4. The molecular formula is C14H11ClN4O. The fraction of sp³-hybridized carbons (Fsp3) is 0. The van der Waals surface area contributed by atoms with E-state index in [-0.39, 0.29) is 5.91 Å². The fourth-order valence-corrected chi connectivity index (χ4v) is 2.12. The Kier molecular flexibility index (Phi) is 3.04. The summed E-state index contributed by atoms with van der Waals surface area (Å²) in [6.07, 6.45) is 1.53. The largest absolute Gasteiger partial charge is 0.397 e. The first-order valence-corrected chi connectivity index (χ1v) is 6.31. The van der Waals surface area contributed by atoms with Gasteiger partial charge in [0.25, 0.3) is 5.91 Å². The Morgan fingerprint density at radius 3 is 2.90 bits per heavy atom. The number of para-hydroxylation sites is 1. The number of benzene rings is 1. The van der Waals surface area contributed by atoms with Gasteiger partial charge in [0.1, 0.15) is 11.5 Å². The molecule has 6 heteroatoms. The van der Waals surface area contributed by atoms with Gasteiger partial charge >= 0.3 is 0 Å². The van der Waals surface area contributed by atoms with Crippen LogP contribution in [0.3, 0.4) is 0 Å². The highest BCUT2D eigenvalue weighted by molar-refractivity contribution is 6.30. The molecule has 0 fully saturated rings. The normalized spacial score (nSPS) is 10.7. The summed E-state index contributed by atoms with van der Waals surface area (Å²) in [5, 5.41) is 4.07. The van der Waals surface area contributed by atoms with E-state index in [1.807, 2.05) is 12.1 Å². The van der Waals surface area contributed by atoms with Crippen LogP contribution in [0.5, 0.6) is 0 Å². The summed E-state index contributed by atoms with van der Waals surface area (Å²) in [5.41, 5.74) is 7.61. The second kappa shape index (κ2) is 4.86. The van der Waals surface area contributed by atoms with Crippen LogP contribution in [0.15, 0.2) is 42.6 Å². The molecule has 0 aliphatic rings. The molecule has 100 valence electrons. The van der Waals surface area contributed by atoms with Crippen molar-refractivity contribution in [3.63, 3.8) is 0 Å². The number of hydrogen-bond acceptors (Lipinski definition) is 3. The number of nitrogens with one attached hydrogen (secondary N) is 2. The monoisotopic (exact) mass is 286 g/mol. The highest BCUT2D eigenvalue weighted by atomic mass is 35.5. The first kappa shape index (κ1) is 12.5. The van der Waals surface area contributed by atoms with Crippen molar-refractivity contribution < 1.29 is 4.79 Å². The van der Waals surface area contributed by atoms with Crippen molar-refractivity contribution in [1.82, 2.24) is 9.97 Å². The molecule has 0 spiro atoms. The molecule has 2 heterocycles. The Labute approximate surface area is 119 Å². The topological polar surface area (TPSA) is 83.8 Å². The third-order valence-corrected chi connectivity index (χ3v) is 3.13. The van der Waals surface area contributed by atoms with E-state index >= 15 is 0 Å². The van der Waals surface area contributed by atoms with Crippen LogP contribution in [-0.4, -0.2) is 15.9 Å². The van der Waals surface area contributed by atoms with Gasteiger partial charge in [0.2, 0.25) is 0 Å². The van der Waals surface area contributed by atoms with Gasteiger partial charge in [-0.2, -0.15) is 0 Å². The third kappa shape index (κ3) is 2.31. The van der Waals surface area contributed by atoms with Gasteiger partial charge in [0.05, 0.1) is 11.2 Å². The highest BCUT2D eigenvalue weighted by Gasteiger charge is 2.11. The number of amides is 1. The van der Waals surface area contributed by atoms with E-state index in [9.17, 15) is 4.79 Å². The molecule has 1 amide bonds. The SMILES string of the molecule is Nc1cccc2cc(C(=O)Nc3cc(Cl)ccn3)[nH]c12. The molecule has 4 N–H and O–H groups in total. The van der Waals surface area contributed by atoms with Crippen molar-refractivity contribution in [2.45, 2.75) is 0 Å². The Morgan fingerprint density at radius 1 is 1.30 bits per heavy atom.